The summed E-state index contributed by atoms with van der Waals surface area (Å²) in [6, 6.07) is 13.7. The Morgan fingerprint density at radius 3 is 2.44 bits per heavy atom. The van der Waals surface area contributed by atoms with Crippen LogP contribution >= 0.6 is 0 Å². The van der Waals surface area contributed by atoms with Gasteiger partial charge < -0.3 is 5.11 Å². The number of hydrogen-bond acceptors (Lipinski definition) is 3. The van der Waals surface area contributed by atoms with E-state index in [0.29, 0.717) is 17.4 Å². The highest BCUT2D eigenvalue weighted by Crippen LogP contribution is 2.22. The number of carbonyl (C=O) groups excluding carboxylic acids is 2. The summed E-state index contributed by atoms with van der Waals surface area (Å²) in [5.74, 6) is -0.203. The number of ketones is 1. The minimum absolute atomic E-state index is 0.0809. The first-order chi connectivity index (χ1) is 8.72. The Kier molecular flexibility index (Phi) is 3.53. The molecule has 90 valence electrons. The summed E-state index contributed by atoms with van der Waals surface area (Å²) in [6.07, 6.45) is 0.656. The van der Waals surface area contributed by atoms with Crippen LogP contribution in [0.2, 0.25) is 0 Å². The number of benzene rings is 2. The van der Waals surface area contributed by atoms with E-state index < -0.39 is 0 Å². The first-order valence-corrected chi connectivity index (χ1v) is 5.56. The van der Waals surface area contributed by atoms with Crippen LogP contribution in [0, 0.1) is 0 Å². The Labute approximate surface area is 105 Å². The average molecular weight is 240 g/mol. The van der Waals surface area contributed by atoms with Gasteiger partial charge in [0.05, 0.1) is 5.56 Å². The predicted molar refractivity (Wildman–Crippen MR) is 68.0 cm³/mol. The Balaban J connectivity index is 2.25. The topological polar surface area (TPSA) is 54.4 Å². The molecule has 3 heteroatoms. The first-order valence-electron chi connectivity index (χ1n) is 5.56. The smallest absolute Gasteiger partial charge is 0.167 e. The van der Waals surface area contributed by atoms with Gasteiger partial charge in [0.15, 0.2) is 12.1 Å². The van der Waals surface area contributed by atoms with Gasteiger partial charge in [0.2, 0.25) is 0 Å². The zero-order valence-corrected chi connectivity index (χ0v) is 9.67. The van der Waals surface area contributed by atoms with Crippen molar-refractivity contribution >= 4 is 12.1 Å². The molecule has 0 atom stereocenters. The molecule has 0 saturated carbocycles. The van der Waals surface area contributed by atoms with Gasteiger partial charge in [-0.3, -0.25) is 9.59 Å². The molecular formula is C15H12O3. The molecule has 0 aromatic heterocycles. The minimum Gasteiger partial charge on any atom is -0.507 e. The Morgan fingerprint density at radius 2 is 1.78 bits per heavy atom. The van der Waals surface area contributed by atoms with E-state index in [2.05, 4.69) is 0 Å². The summed E-state index contributed by atoms with van der Waals surface area (Å²) in [5.41, 5.74) is 1.26. The van der Waals surface area contributed by atoms with Gasteiger partial charge in [0, 0.05) is 17.5 Å². The largest absolute Gasteiger partial charge is 0.507 e. The molecule has 0 saturated heterocycles. The second kappa shape index (κ2) is 5.27. The molecule has 0 aliphatic carbocycles. The van der Waals surface area contributed by atoms with Crippen molar-refractivity contribution in [3.05, 3.63) is 65.2 Å². The van der Waals surface area contributed by atoms with E-state index in [1.807, 2.05) is 6.07 Å². The van der Waals surface area contributed by atoms with Crippen molar-refractivity contribution in [1.82, 2.24) is 0 Å². The third kappa shape index (κ3) is 2.46. The van der Waals surface area contributed by atoms with E-state index in [0.717, 1.165) is 0 Å². The number of aromatic hydroxyl groups is 1. The normalized spacial score (nSPS) is 10.0. The molecule has 0 bridgehead atoms. The van der Waals surface area contributed by atoms with E-state index in [-0.39, 0.29) is 23.5 Å². The zero-order valence-electron chi connectivity index (χ0n) is 9.67. The molecule has 2 rings (SSSR count). The number of Topliss-reactive ketones (excluding diaryl/α,β-unsaturated/α-hetero) is 1. The van der Waals surface area contributed by atoms with E-state index in [1.165, 1.54) is 6.07 Å². The fourth-order valence-electron chi connectivity index (χ4n) is 1.75. The Morgan fingerprint density at radius 1 is 1.06 bits per heavy atom. The van der Waals surface area contributed by atoms with Crippen LogP contribution in [-0.4, -0.2) is 17.2 Å². The van der Waals surface area contributed by atoms with Crippen molar-refractivity contribution in [2.75, 3.05) is 0 Å². The lowest BCUT2D eigenvalue weighted by Crippen LogP contribution is -2.04. The van der Waals surface area contributed by atoms with Crippen molar-refractivity contribution in [2.24, 2.45) is 0 Å². The maximum atomic E-state index is 12.0. The number of hydrogen-bond donors (Lipinski definition) is 1. The molecule has 0 aliphatic heterocycles. The van der Waals surface area contributed by atoms with Crippen LogP contribution in [0.3, 0.4) is 0 Å². The number of para-hydroxylation sites is 1. The lowest BCUT2D eigenvalue weighted by molar-refractivity contribution is 0.0991. The molecule has 0 heterocycles. The highest BCUT2D eigenvalue weighted by Gasteiger charge is 2.11. The van der Waals surface area contributed by atoms with Crippen LogP contribution in [-0.2, 0) is 6.42 Å². The van der Waals surface area contributed by atoms with Gasteiger partial charge in [0.1, 0.15) is 5.75 Å². The monoisotopic (exact) mass is 240 g/mol. The van der Waals surface area contributed by atoms with Crippen molar-refractivity contribution in [3.63, 3.8) is 0 Å². The van der Waals surface area contributed by atoms with Crippen molar-refractivity contribution in [2.45, 2.75) is 6.42 Å². The van der Waals surface area contributed by atoms with Crippen molar-refractivity contribution in [1.29, 1.82) is 0 Å². The van der Waals surface area contributed by atoms with Crippen molar-refractivity contribution < 1.29 is 14.7 Å². The van der Waals surface area contributed by atoms with Crippen LogP contribution in [0.25, 0.3) is 0 Å². The van der Waals surface area contributed by atoms with Gasteiger partial charge in [-0.15, -0.1) is 0 Å². The third-order valence-corrected chi connectivity index (χ3v) is 2.72. The van der Waals surface area contributed by atoms with Crippen molar-refractivity contribution in [3.8, 4) is 5.75 Å². The highest BCUT2D eigenvalue weighted by atomic mass is 16.3. The molecule has 0 amide bonds. The molecule has 3 nitrogen and oxygen atoms in total. The SMILES string of the molecule is O=Cc1cccc(CC(=O)c2ccccc2)c1O. The van der Waals surface area contributed by atoms with Crippen LogP contribution in [0.1, 0.15) is 26.3 Å². The maximum Gasteiger partial charge on any atom is 0.167 e. The van der Waals surface area contributed by atoms with Gasteiger partial charge >= 0.3 is 0 Å². The molecule has 1 N–H and O–H groups in total. The summed E-state index contributed by atoms with van der Waals surface area (Å²) in [7, 11) is 0. The van der Waals surface area contributed by atoms with E-state index in [4.69, 9.17) is 0 Å². The molecule has 0 radical (unpaired) electrons. The molecule has 0 aliphatic rings. The van der Waals surface area contributed by atoms with Crippen LogP contribution in [0.15, 0.2) is 48.5 Å². The lowest BCUT2D eigenvalue weighted by atomic mass is 10.0. The number of phenols is 1. The molecule has 2 aromatic carbocycles. The molecule has 0 fully saturated rings. The second-order valence-electron chi connectivity index (χ2n) is 3.94. The van der Waals surface area contributed by atoms with Crippen LogP contribution in [0.4, 0.5) is 0 Å². The fourth-order valence-corrected chi connectivity index (χ4v) is 1.75. The Bertz CT molecular complexity index is 574. The van der Waals surface area contributed by atoms with E-state index in [9.17, 15) is 14.7 Å². The molecular weight excluding hydrogens is 228 g/mol. The number of phenolic OH excluding ortho intramolecular Hbond substituents is 1. The summed E-state index contributed by atoms with van der Waals surface area (Å²) in [5, 5.41) is 9.80. The number of rotatable bonds is 4. The van der Waals surface area contributed by atoms with E-state index >= 15 is 0 Å². The standard InChI is InChI=1S/C15H12O3/c16-10-13-8-4-7-12(15(13)18)9-14(17)11-5-2-1-3-6-11/h1-8,10,18H,9H2. The van der Waals surface area contributed by atoms with Gasteiger partial charge in [-0.25, -0.2) is 0 Å². The number of carbonyl (C=O) groups is 2. The van der Waals surface area contributed by atoms with Crippen LogP contribution in [0.5, 0.6) is 5.75 Å². The summed E-state index contributed by atoms with van der Waals surface area (Å²) in [4.78, 5) is 22.7. The van der Waals surface area contributed by atoms with Gasteiger partial charge in [0.25, 0.3) is 0 Å². The number of aldehydes is 1. The quantitative estimate of drug-likeness (QED) is 0.660. The third-order valence-electron chi connectivity index (χ3n) is 2.72. The van der Waals surface area contributed by atoms with Gasteiger partial charge in [-0.1, -0.05) is 42.5 Å². The van der Waals surface area contributed by atoms with Crippen LogP contribution < -0.4 is 0 Å². The molecule has 0 unspecified atom stereocenters. The summed E-state index contributed by atoms with van der Waals surface area (Å²) in [6.45, 7) is 0. The molecule has 18 heavy (non-hydrogen) atoms. The average Bonchev–Trinajstić information content (AvgIpc) is 2.42. The summed E-state index contributed by atoms with van der Waals surface area (Å²) < 4.78 is 0. The minimum atomic E-state index is -0.114. The fraction of sp³-hybridized carbons (Fsp3) is 0.0667. The van der Waals surface area contributed by atoms with Gasteiger partial charge in [-0.05, 0) is 6.07 Å². The summed E-state index contributed by atoms with van der Waals surface area (Å²) >= 11 is 0. The molecule has 2 aromatic rings. The zero-order chi connectivity index (χ0) is 13.0. The van der Waals surface area contributed by atoms with E-state index in [1.54, 1.807) is 36.4 Å². The highest BCUT2D eigenvalue weighted by molar-refractivity contribution is 5.98. The Hall–Kier alpha value is -2.42. The predicted octanol–water partition coefficient (Wildman–Crippen LogP) is 2.63. The second-order valence-corrected chi connectivity index (χ2v) is 3.94. The first kappa shape index (κ1) is 12.0. The lowest BCUT2D eigenvalue weighted by Gasteiger charge is -2.05. The molecule has 0 spiro atoms. The maximum absolute atomic E-state index is 12.0. The van der Waals surface area contributed by atoms with Gasteiger partial charge in [-0.2, -0.15) is 0 Å².